The number of rotatable bonds is 5. The zero-order chi connectivity index (χ0) is 21.3. The van der Waals surface area contributed by atoms with Gasteiger partial charge in [-0.3, -0.25) is 9.69 Å². The second kappa shape index (κ2) is 10.5. The predicted octanol–water partition coefficient (Wildman–Crippen LogP) is 4.94. The largest absolute Gasteiger partial charge is 0.584 e. The summed E-state index contributed by atoms with van der Waals surface area (Å²) in [6, 6.07) is 24.3. The third-order valence-corrected chi connectivity index (χ3v) is 4.59. The van der Waals surface area contributed by atoms with Gasteiger partial charge in [-0.05, 0) is 42.8 Å². The van der Waals surface area contributed by atoms with Gasteiger partial charge in [0.15, 0.2) is 0 Å². The molecule has 0 saturated heterocycles. The van der Waals surface area contributed by atoms with Crippen molar-refractivity contribution in [3.63, 3.8) is 0 Å². The molecule has 3 rings (SSSR count). The highest BCUT2D eigenvalue weighted by atomic mass is 31.2. The minimum absolute atomic E-state index is 0.0631. The van der Waals surface area contributed by atoms with E-state index in [-0.39, 0.29) is 17.4 Å². The van der Waals surface area contributed by atoms with Crippen molar-refractivity contribution < 1.29 is 23.3 Å². The topological polar surface area (TPSA) is 76.1 Å². The van der Waals surface area contributed by atoms with Crippen molar-refractivity contribution >= 4 is 13.7 Å². The number of benzene rings is 3. The lowest BCUT2D eigenvalue weighted by Gasteiger charge is -2.13. The van der Waals surface area contributed by atoms with Crippen molar-refractivity contribution in [2.24, 2.45) is 0 Å². The molecule has 0 fully saturated rings. The first-order chi connectivity index (χ1) is 13.8. The molecular weight excluding hydrogens is 389 g/mol. The van der Waals surface area contributed by atoms with Gasteiger partial charge < -0.3 is 13.9 Å². The molecule has 0 aromatic heterocycles. The number of aryl methyl sites for hydroxylation is 1. The van der Waals surface area contributed by atoms with E-state index >= 15 is 0 Å². The maximum absolute atomic E-state index is 11.7. The zero-order valence-corrected chi connectivity index (χ0v) is 17.5. The number of nitrogens with zero attached hydrogens (tertiary/aromatic N) is 1. The second-order valence-corrected chi connectivity index (χ2v) is 7.59. The van der Waals surface area contributed by atoms with E-state index in [0.717, 1.165) is 11.1 Å². The molecule has 0 saturated carbocycles. The standard InChI is InChI=1S/C12H11O4P.C10H13NO/c13-17(14,15-11-7-3-1-4-8-11)16-12-9-5-2-6-10-12;1-8-6-4-5-7-9(8)10(12)11(2)3/h1-10H,(H,13,14);4-7H,1-3H3. The number of phosphoric acid groups is 1. The average Bonchev–Trinajstić information content (AvgIpc) is 2.69. The summed E-state index contributed by atoms with van der Waals surface area (Å²) in [7, 11) is -0.619. The molecule has 1 amide bonds. The van der Waals surface area contributed by atoms with Crippen molar-refractivity contribution in [1.82, 2.24) is 4.90 Å². The molecule has 3 aromatic carbocycles. The van der Waals surface area contributed by atoms with Crippen LogP contribution in [0.2, 0.25) is 0 Å². The lowest BCUT2D eigenvalue weighted by molar-refractivity contribution is 0.0827. The molecule has 0 unspecified atom stereocenters. The molecule has 0 aliphatic heterocycles. The van der Waals surface area contributed by atoms with Gasteiger partial charge in [0.25, 0.3) is 5.91 Å². The Balaban J connectivity index is 0.000000221. The van der Waals surface area contributed by atoms with Crippen molar-refractivity contribution in [2.45, 2.75) is 6.92 Å². The fourth-order valence-electron chi connectivity index (χ4n) is 2.30. The van der Waals surface area contributed by atoms with Gasteiger partial charge in [0, 0.05) is 19.7 Å². The lowest BCUT2D eigenvalue weighted by atomic mass is 10.1. The van der Waals surface area contributed by atoms with Crippen LogP contribution in [-0.2, 0) is 4.57 Å². The molecule has 0 aliphatic rings. The molecule has 0 spiro atoms. The number of amides is 1. The smallest absolute Gasteiger partial charge is 0.395 e. The summed E-state index contributed by atoms with van der Waals surface area (Å²) in [6.45, 7) is 1.94. The lowest BCUT2D eigenvalue weighted by Crippen LogP contribution is -2.22. The van der Waals surface area contributed by atoms with Gasteiger partial charge in [-0.1, -0.05) is 54.6 Å². The number of hydrogen-bond donors (Lipinski definition) is 1. The molecule has 152 valence electrons. The van der Waals surface area contributed by atoms with Gasteiger partial charge in [0.05, 0.1) is 0 Å². The van der Waals surface area contributed by atoms with E-state index in [1.807, 2.05) is 31.2 Å². The highest BCUT2D eigenvalue weighted by Gasteiger charge is 2.24. The van der Waals surface area contributed by atoms with Crippen LogP contribution in [0.15, 0.2) is 84.9 Å². The third-order valence-electron chi connectivity index (χ3n) is 3.71. The summed E-state index contributed by atoms with van der Waals surface area (Å²) >= 11 is 0. The van der Waals surface area contributed by atoms with Crippen LogP contribution in [0, 0.1) is 6.92 Å². The Kier molecular flexibility index (Phi) is 8.01. The summed E-state index contributed by atoms with van der Waals surface area (Å²) in [4.78, 5) is 22.6. The zero-order valence-electron chi connectivity index (χ0n) is 16.6. The first-order valence-corrected chi connectivity index (χ1v) is 10.4. The molecule has 0 aliphatic carbocycles. The number of carbonyl (C=O) groups is 1. The number of para-hydroxylation sites is 2. The van der Waals surface area contributed by atoms with Crippen LogP contribution in [0.1, 0.15) is 15.9 Å². The predicted molar refractivity (Wildman–Crippen MR) is 113 cm³/mol. The summed E-state index contributed by atoms with van der Waals surface area (Å²) in [6.07, 6.45) is 0. The van der Waals surface area contributed by atoms with E-state index in [4.69, 9.17) is 9.05 Å². The van der Waals surface area contributed by atoms with Crippen LogP contribution in [0.4, 0.5) is 0 Å². The van der Waals surface area contributed by atoms with E-state index in [0.29, 0.717) is 0 Å². The monoisotopic (exact) mass is 413 g/mol. The Hall–Kier alpha value is -3.08. The van der Waals surface area contributed by atoms with Crippen molar-refractivity contribution in [2.75, 3.05) is 14.1 Å². The van der Waals surface area contributed by atoms with Gasteiger partial charge in [0.2, 0.25) is 0 Å². The first-order valence-electron chi connectivity index (χ1n) is 8.88. The fraction of sp³-hybridized carbons (Fsp3) is 0.136. The molecule has 1 N–H and O–H groups in total. The first kappa shape index (κ1) is 22.2. The molecule has 0 atom stereocenters. The van der Waals surface area contributed by atoms with Gasteiger partial charge in [-0.25, -0.2) is 4.57 Å². The molecular formula is C22H24NO5P. The van der Waals surface area contributed by atoms with Gasteiger partial charge >= 0.3 is 7.82 Å². The van der Waals surface area contributed by atoms with Crippen LogP contribution in [0.3, 0.4) is 0 Å². The third kappa shape index (κ3) is 7.45. The quantitative estimate of drug-likeness (QED) is 0.600. The Morgan fingerprint density at radius 1 is 0.793 bits per heavy atom. The average molecular weight is 413 g/mol. The molecule has 3 aromatic rings. The molecule has 6 nitrogen and oxygen atoms in total. The SMILES string of the molecule is Cc1ccccc1C(=O)N(C)C.O=P(O)(Oc1ccccc1)Oc1ccccc1. The number of carbonyl (C=O) groups excluding carboxylic acids is 1. The maximum Gasteiger partial charge on any atom is 0.584 e. The summed E-state index contributed by atoms with van der Waals surface area (Å²) in [5.41, 5.74) is 1.80. The van der Waals surface area contributed by atoms with Crippen LogP contribution >= 0.6 is 7.82 Å². The highest BCUT2D eigenvalue weighted by molar-refractivity contribution is 7.48. The van der Waals surface area contributed by atoms with E-state index in [1.165, 1.54) is 0 Å². The van der Waals surface area contributed by atoms with Crippen LogP contribution in [0.25, 0.3) is 0 Å². The molecule has 0 radical (unpaired) electrons. The molecule has 29 heavy (non-hydrogen) atoms. The number of phosphoric ester groups is 1. The fourth-order valence-corrected chi connectivity index (χ4v) is 3.12. The Morgan fingerprint density at radius 2 is 1.21 bits per heavy atom. The maximum atomic E-state index is 11.7. The van der Waals surface area contributed by atoms with E-state index in [1.54, 1.807) is 79.7 Å². The minimum atomic E-state index is -4.14. The van der Waals surface area contributed by atoms with Crippen molar-refractivity contribution in [3.8, 4) is 11.5 Å². The molecule has 0 heterocycles. The van der Waals surface area contributed by atoms with Gasteiger partial charge in [-0.15, -0.1) is 0 Å². The van der Waals surface area contributed by atoms with Crippen LogP contribution < -0.4 is 9.05 Å². The van der Waals surface area contributed by atoms with Crippen molar-refractivity contribution in [3.05, 3.63) is 96.1 Å². The summed E-state index contributed by atoms with van der Waals surface area (Å²) < 4.78 is 21.5. The Bertz CT molecular complexity index is 916. The second-order valence-electron chi connectivity index (χ2n) is 6.29. The number of hydrogen-bond acceptors (Lipinski definition) is 4. The highest BCUT2D eigenvalue weighted by Crippen LogP contribution is 2.44. The summed E-state index contributed by atoms with van der Waals surface area (Å²) in [5, 5.41) is 0. The summed E-state index contributed by atoms with van der Waals surface area (Å²) in [5.74, 6) is 0.636. The minimum Gasteiger partial charge on any atom is -0.395 e. The van der Waals surface area contributed by atoms with Gasteiger partial charge in [0.1, 0.15) is 11.5 Å². The molecule has 0 bridgehead atoms. The van der Waals surface area contributed by atoms with Gasteiger partial charge in [-0.2, -0.15) is 0 Å². The Morgan fingerprint density at radius 3 is 1.62 bits per heavy atom. The van der Waals surface area contributed by atoms with Crippen molar-refractivity contribution in [1.29, 1.82) is 0 Å². The van der Waals surface area contributed by atoms with E-state index < -0.39 is 7.82 Å². The molecule has 7 heteroatoms. The van der Waals surface area contributed by atoms with E-state index in [9.17, 15) is 14.3 Å². The van der Waals surface area contributed by atoms with Crippen LogP contribution in [-0.4, -0.2) is 29.8 Å². The van der Waals surface area contributed by atoms with E-state index in [2.05, 4.69) is 0 Å². The Labute approximate surface area is 171 Å². The van der Waals surface area contributed by atoms with Crippen LogP contribution in [0.5, 0.6) is 11.5 Å². The normalized spacial score (nSPS) is 10.3.